The average molecular weight is 346 g/mol. The second-order valence-electron chi connectivity index (χ2n) is 5.99. The minimum atomic E-state index is -3.18. The van der Waals surface area contributed by atoms with E-state index in [1.165, 1.54) is 6.26 Å². The number of nitrogens with zero attached hydrogens (tertiary/aromatic N) is 1. The molecule has 0 saturated heterocycles. The summed E-state index contributed by atoms with van der Waals surface area (Å²) in [6.07, 6.45) is 1.20. The molecule has 0 spiro atoms. The molecule has 0 radical (unpaired) electrons. The van der Waals surface area contributed by atoms with Crippen molar-refractivity contribution in [1.82, 2.24) is 4.90 Å². The summed E-state index contributed by atoms with van der Waals surface area (Å²) in [5.74, 6) is -0.436. The Morgan fingerprint density at radius 1 is 1.08 bits per heavy atom. The van der Waals surface area contributed by atoms with Crippen LogP contribution in [0.25, 0.3) is 0 Å². The summed E-state index contributed by atoms with van der Waals surface area (Å²) < 4.78 is 23.0. The van der Waals surface area contributed by atoms with Crippen LogP contribution in [0, 0.1) is 0 Å². The van der Waals surface area contributed by atoms with Gasteiger partial charge in [-0.3, -0.25) is 9.69 Å². The standard InChI is InChI=1S/C18H22N2O3S/c1-13(15-8-10-17(11-9-15)24(3,22)23)20(2)12-14-4-6-16(7-5-14)18(19)21/h4-11,13H,12H2,1-3H3,(H2,19,21). The van der Waals surface area contributed by atoms with Crippen LogP contribution in [0.5, 0.6) is 0 Å². The number of primary amides is 1. The minimum Gasteiger partial charge on any atom is -0.366 e. The molecule has 0 fully saturated rings. The van der Waals surface area contributed by atoms with E-state index in [4.69, 9.17) is 5.73 Å². The maximum atomic E-state index is 11.5. The predicted molar refractivity (Wildman–Crippen MR) is 94.4 cm³/mol. The van der Waals surface area contributed by atoms with Gasteiger partial charge < -0.3 is 5.73 Å². The third-order valence-electron chi connectivity index (χ3n) is 4.12. The molecule has 24 heavy (non-hydrogen) atoms. The van der Waals surface area contributed by atoms with Crippen molar-refractivity contribution in [2.24, 2.45) is 5.73 Å². The summed E-state index contributed by atoms with van der Waals surface area (Å²) in [7, 11) is -1.18. The van der Waals surface area contributed by atoms with Crippen LogP contribution < -0.4 is 5.73 Å². The highest BCUT2D eigenvalue weighted by molar-refractivity contribution is 7.90. The van der Waals surface area contributed by atoms with Gasteiger partial charge in [-0.1, -0.05) is 24.3 Å². The molecule has 0 heterocycles. The van der Waals surface area contributed by atoms with Gasteiger partial charge in [0, 0.05) is 24.4 Å². The third kappa shape index (κ3) is 4.43. The fourth-order valence-electron chi connectivity index (χ4n) is 2.45. The lowest BCUT2D eigenvalue weighted by atomic mass is 10.1. The van der Waals surface area contributed by atoms with Gasteiger partial charge in [-0.15, -0.1) is 0 Å². The van der Waals surface area contributed by atoms with Gasteiger partial charge in [-0.05, 0) is 49.4 Å². The van der Waals surface area contributed by atoms with Gasteiger partial charge in [0.1, 0.15) is 0 Å². The molecule has 0 aliphatic rings. The number of hydrogen-bond acceptors (Lipinski definition) is 4. The molecule has 5 nitrogen and oxygen atoms in total. The topological polar surface area (TPSA) is 80.5 Å². The highest BCUT2D eigenvalue weighted by Gasteiger charge is 2.14. The van der Waals surface area contributed by atoms with Gasteiger partial charge in [-0.2, -0.15) is 0 Å². The summed E-state index contributed by atoms with van der Waals surface area (Å²) in [5.41, 5.74) is 7.84. The van der Waals surface area contributed by atoms with Crippen molar-refractivity contribution in [1.29, 1.82) is 0 Å². The van der Waals surface area contributed by atoms with Crippen molar-refractivity contribution < 1.29 is 13.2 Å². The molecule has 2 rings (SSSR count). The fraction of sp³-hybridized carbons (Fsp3) is 0.278. The smallest absolute Gasteiger partial charge is 0.248 e. The Hall–Kier alpha value is -2.18. The number of carbonyl (C=O) groups is 1. The molecular formula is C18H22N2O3S. The zero-order valence-corrected chi connectivity index (χ0v) is 14.9. The van der Waals surface area contributed by atoms with Crippen LogP contribution in [-0.2, 0) is 16.4 Å². The first kappa shape index (κ1) is 18.2. The van der Waals surface area contributed by atoms with E-state index in [2.05, 4.69) is 11.8 Å². The maximum Gasteiger partial charge on any atom is 0.248 e. The van der Waals surface area contributed by atoms with Crippen LogP contribution in [0.3, 0.4) is 0 Å². The predicted octanol–water partition coefficient (Wildman–Crippen LogP) is 2.38. The van der Waals surface area contributed by atoms with E-state index >= 15 is 0 Å². The zero-order chi connectivity index (χ0) is 17.9. The van der Waals surface area contributed by atoms with Crippen molar-refractivity contribution in [2.75, 3.05) is 13.3 Å². The number of benzene rings is 2. The van der Waals surface area contributed by atoms with Crippen molar-refractivity contribution in [3.63, 3.8) is 0 Å². The van der Waals surface area contributed by atoms with E-state index in [0.717, 1.165) is 11.1 Å². The Labute approximate surface area is 143 Å². The normalized spacial score (nSPS) is 13.0. The van der Waals surface area contributed by atoms with Crippen LogP contribution in [-0.4, -0.2) is 32.5 Å². The highest BCUT2D eigenvalue weighted by Crippen LogP contribution is 2.22. The number of amides is 1. The van der Waals surface area contributed by atoms with E-state index in [1.807, 2.05) is 31.3 Å². The van der Waals surface area contributed by atoms with E-state index in [0.29, 0.717) is 17.0 Å². The molecule has 2 aromatic rings. The Kier molecular flexibility index (Phi) is 5.41. The summed E-state index contributed by atoms with van der Waals surface area (Å²) in [6, 6.07) is 14.3. The molecule has 0 bridgehead atoms. The maximum absolute atomic E-state index is 11.5. The SMILES string of the molecule is CC(c1ccc(S(C)(=O)=O)cc1)N(C)Cc1ccc(C(N)=O)cc1. The van der Waals surface area contributed by atoms with E-state index in [9.17, 15) is 13.2 Å². The van der Waals surface area contributed by atoms with Gasteiger partial charge in [0.15, 0.2) is 9.84 Å². The Balaban J connectivity index is 2.08. The molecule has 6 heteroatoms. The molecular weight excluding hydrogens is 324 g/mol. The molecule has 0 saturated carbocycles. The van der Waals surface area contributed by atoms with Gasteiger partial charge >= 0.3 is 0 Å². The quantitative estimate of drug-likeness (QED) is 0.871. The van der Waals surface area contributed by atoms with Crippen molar-refractivity contribution >= 4 is 15.7 Å². The first-order valence-corrected chi connectivity index (χ1v) is 9.46. The van der Waals surface area contributed by atoms with Crippen LogP contribution >= 0.6 is 0 Å². The number of rotatable bonds is 6. The lowest BCUT2D eigenvalue weighted by Gasteiger charge is -2.25. The van der Waals surface area contributed by atoms with Crippen molar-refractivity contribution in [2.45, 2.75) is 24.4 Å². The summed E-state index contributed by atoms with van der Waals surface area (Å²) in [6.45, 7) is 2.77. The van der Waals surface area contributed by atoms with Crippen molar-refractivity contribution in [3.05, 3.63) is 65.2 Å². The van der Waals surface area contributed by atoms with Gasteiger partial charge in [0.2, 0.25) is 5.91 Å². The molecule has 1 amide bonds. The second kappa shape index (κ2) is 7.15. The summed E-state index contributed by atoms with van der Waals surface area (Å²) >= 11 is 0. The van der Waals surface area contributed by atoms with Crippen LogP contribution in [0.1, 0.15) is 34.5 Å². The number of hydrogen-bond donors (Lipinski definition) is 1. The number of nitrogens with two attached hydrogens (primary N) is 1. The van der Waals surface area contributed by atoms with Crippen LogP contribution in [0.4, 0.5) is 0 Å². The molecule has 0 aliphatic carbocycles. The molecule has 2 N–H and O–H groups in total. The van der Waals surface area contributed by atoms with Crippen molar-refractivity contribution in [3.8, 4) is 0 Å². The lowest BCUT2D eigenvalue weighted by Crippen LogP contribution is -2.22. The van der Waals surface area contributed by atoms with Crippen LogP contribution in [0.15, 0.2) is 53.4 Å². The Morgan fingerprint density at radius 3 is 2.08 bits per heavy atom. The molecule has 0 aliphatic heterocycles. The molecule has 1 unspecified atom stereocenters. The molecule has 0 aromatic heterocycles. The summed E-state index contributed by atoms with van der Waals surface area (Å²) in [5, 5.41) is 0. The molecule has 1 atom stereocenters. The third-order valence-corrected chi connectivity index (χ3v) is 5.25. The van der Waals surface area contributed by atoms with Gasteiger partial charge in [-0.25, -0.2) is 8.42 Å². The monoisotopic (exact) mass is 346 g/mol. The largest absolute Gasteiger partial charge is 0.366 e. The minimum absolute atomic E-state index is 0.120. The fourth-order valence-corrected chi connectivity index (χ4v) is 3.08. The van der Waals surface area contributed by atoms with E-state index < -0.39 is 15.7 Å². The Morgan fingerprint density at radius 2 is 1.62 bits per heavy atom. The van der Waals surface area contributed by atoms with E-state index in [1.54, 1.807) is 24.3 Å². The number of sulfone groups is 1. The second-order valence-corrected chi connectivity index (χ2v) is 8.01. The molecule has 128 valence electrons. The van der Waals surface area contributed by atoms with Crippen LogP contribution in [0.2, 0.25) is 0 Å². The number of carbonyl (C=O) groups excluding carboxylic acids is 1. The van der Waals surface area contributed by atoms with Gasteiger partial charge in [0.05, 0.1) is 4.90 Å². The highest BCUT2D eigenvalue weighted by atomic mass is 32.2. The van der Waals surface area contributed by atoms with Gasteiger partial charge in [0.25, 0.3) is 0 Å². The first-order valence-electron chi connectivity index (χ1n) is 7.57. The average Bonchev–Trinajstić information content (AvgIpc) is 2.54. The summed E-state index contributed by atoms with van der Waals surface area (Å²) in [4.78, 5) is 13.6. The lowest BCUT2D eigenvalue weighted by molar-refractivity contribution is 0.1000. The zero-order valence-electron chi connectivity index (χ0n) is 14.1. The Bertz CT molecular complexity index is 812. The van der Waals surface area contributed by atoms with E-state index in [-0.39, 0.29) is 6.04 Å². The first-order chi connectivity index (χ1) is 11.2. The molecule has 2 aromatic carbocycles.